The van der Waals surface area contributed by atoms with Crippen molar-refractivity contribution < 1.29 is 19.1 Å². The van der Waals surface area contributed by atoms with E-state index in [1.807, 2.05) is 6.07 Å². The highest BCUT2D eigenvalue weighted by molar-refractivity contribution is 5.99. The van der Waals surface area contributed by atoms with E-state index < -0.39 is 0 Å². The van der Waals surface area contributed by atoms with E-state index in [4.69, 9.17) is 9.47 Å². The second-order valence-corrected chi connectivity index (χ2v) is 9.57. The van der Waals surface area contributed by atoms with Crippen LogP contribution in [0, 0.1) is 11.8 Å². The van der Waals surface area contributed by atoms with Gasteiger partial charge in [0.25, 0.3) is 5.91 Å². The van der Waals surface area contributed by atoms with Crippen molar-refractivity contribution in [3.8, 4) is 5.75 Å². The maximum Gasteiger partial charge on any atom is 0.257 e. The minimum Gasteiger partial charge on any atom is -0.491 e. The van der Waals surface area contributed by atoms with Crippen molar-refractivity contribution in [1.29, 1.82) is 0 Å². The van der Waals surface area contributed by atoms with Gasteiger partial charge in [0.05, 0.1) is 11.7 Å². The maximum absolute atomic E-state index is 13.4. The molecule has 2 aliphatic rings. The third-order valence-electron chi connectivity index (χ3n) is 7.00. The first-order valence-electron chi connectivity index (χ1n) is 11.9. The van der Waals surface area contributed by atoms with E-state index in [1.54, 1.807) is 31.2 Å². The highest BCUT2D eigenvalue weighted by atomic mass is 16.5. The number of benzene rings is 1. The number of methoxy groups -OCH3 is 1. The van der Waals surface area contributed by atoms with E-state index in [1.165, 1.54) is 6.42 Å². The molecule has 0 unspecified atom stereocenters. The predicted octanol–water partition coefficient (Wildman–Crippen LogP) is 3.64. The Morgan fingerprint density at radius 2 is 1.84 bits per heavy atom. The fourth-order valence-electron chi connectivity index (χ4n) is 4.64. The van der Waals surface area contributed by atoms with Crippen LogP contribution in [0.3, 0.4) is 0 Å². The summed E-state index contributed by atoms with van der Waals surface area (Å²) in [6.07, 6.45) is 5.20. The first kappa shape index (κ1) is 24.5. The van der Waals surface area contributed by atoms with Crippen LogP contribution >= 0.6 is 0 Å². The summed E-state index contributed by atoms with van der Waals surface area (Å²) in [4.78, 5) is 30.0. The highest BCUT2D eigenvalue weighted by Gasteiger charge is 2.28. The molecule has 1 aliphatic heterocycles. The zero-order valence-electron chi connectivity index (χ0n) is 20.2. The lowest BCUT2D eigenvalue weighted by Crippen LogP contribution is -2.45. The number of fused-ring (bicyclic) bond motifs is 1. The molecule has 1 N–H and O–H groups in total. The molecular weight excluding hydrogens is 406 g/mol. The van der Waals surface area contributed by atoms with Gasteiger partial charge in [-0.05, 0) is 50.9 Å². The Bertz CT molecular complexity index is 793. The monoisotopic (exact) mass is 445 g/mol. The summed E-state index contributed by atoms with van der Waals surface area (Å²) < 4.78 is 11.8. The average Bonchev–Trinajstić information content (AvgIpc) is 2.80. The number of rotatable bonds is 3. The third kappa shape index (κ3) is 6.01. The van der Waals surface area contributed by atoms with E-state index in [0.717, 1.165) is 32.2 Å². The lowest BCUT2D eigenvalue weighted by molar-refractivity contribution is -0.120. The lowest BCUT2D eigenvalue weighted by Gasteiger charge is -2.34. The Labute approximate surface area is 192 Å². The molecule has 0 spiro atoms. The van der Waals surface area contributed by atoms with E-state index in [2.05, 4.69) is 31.1 Å². The fourth-order valence-corrected chi connectivity index (χ4v) is 4.64. The molecule has 1 aromatic rings. The van der Waals surface area contributed by atoms with E-state index in [-0.39, 0.29) is 35.8 Å². The molecule has 32 heavy (non-hydrogen) atoms. The van der Waals surface area contributed by atoms with Gasteiger partial charge in [0.1, 0.15) is 12.4 Å². The summed E-state index contributed by atoms with van der Waals surface area (Å²) in [6, 6.07) is 5.56. The number of nitrogens with one attached hydrogen (secondary N) is 1. The largest absolute Gasteiger partial charge is 0.491 e. The van der Waals surface area contributed by atoms with Crippen LogP contribution in [0.25, 0.3) is 0 Å². The van der Waals surface area contributed by atoms with Crippen LogP contribution in [0.2, 0.25) is 0 Å². The van der Waals surface area contributed by atoms with Gasteiger partial charge >= 0.3 is 0 Å². The molecule has 1 saturated carbocycles. The second kappa shape index (κ2) is 11.1. The Balaban J connectivity index is 1.86. The summed E-state index contributed by atoms with van der Waals surface area (Å²) in [6.45, 7) is 6.07. The SMILES string of the molecule is CO[C@H]1CN(C)C(=O)c2cc(NC(=O)C3CCCCC3)ccc2OC[C@@H](C)N(C)C[C@@H]1C. The molecule has 178 valence electrons. The number of carbonyl (C=O) groups is 2. The van der Waals surface area contributed by atoms with Crippen LogP contribution in [0.15, 0.2) is 18.2 Å². The molecule has 1 heterocycles. The van der Waals surface area contributed by atoms with Gasteiger partial charge in [0.15, 0.2) is 0 Å². The molecule has 1 aromatic carbocycles. The molecule has 0 radical (unpaired) electrons. The summed E-state index contributed by atoms with van der Waals surface area (Å²) in [5, 5.41) is 3.03. The van der Waals surface area contributed by atoms with Gasteiger partial charge in [0, 0.05) is 44.9 Å². The third-order valence-corrected chi connectivity index (χ3v) is 7.00. The molecule has 1 fully saturated rings. The quantitative estimate of drug-likeness (QED) is 0.769. The van der Waals surface area contributed by atoms with Crippen molar-refractivity contribution in [3.05, 3.63) is 23.8 Å². The van der Waals surface area contributed by atoms with Gasteiger partial charge in [-0.2, -0.15) is 0 Å². The van der Waals surface area contributed by atoms with Gasteiger partial charge in [0.2, 0.25) is 5.91 Å². The van der Waals surface area contributed by atoms with Crippen LogP contribution in [-0.2, 0) is 9.53 Å². The smallest absolute Gasteiger partial charge is 0.257 e. The van der Waals surface area contributed by atoms with Crippen LogP contribution in [-0.4, -0.2) is 74.7 Å². The van der Waals surface area contributed by atoms with Gasteiger partial charge in [-0.15, -0.1) is 0 Å². The zero-order chi connectivity index (χ0) is 23.3. The minimum absolute atomic E-state index is 0.0445. The predicted molar refractivity (Wildman–Crippen MR) is 126 cm³/mol. The number of anilines is 1. The molecule has 1 aliphatic carbocycles. The highest BCUT2D eigenvalue weighted by Crippen LogP contribution is 2.28. The fraction of sp³-hybridized carbons (Fsp3) is 0.680. The molecular formula is C25H39N3O4. The van der Waals surface area contributed by atoms with Crippen molar-refractivity contribution in [2.45, 2.75) is 58.1 Å². The Morgan fingerprint density at radius 1 is 1.12 bits per heavy atom. The molecule has 0 saturated heterocycles. The van der Waals surface area contributed by atoms with E-state index in [0.29, 0.717) is 30.2 Å². The number of amides is 2. The van der Waals surface area contributed by atoms with Crippen LogP contribution in [0.4, 0.5) is 5.69 Å². The van der Waals surface area contributed by atoms with Gasteiger partial charge in [-0.25, -0.2) is 0 Å². The number of hydrogen-bond acceptors (Lipinski definition) is 5. The van der Waals surface area contributed by atoms with Crippen molar-refractivity contribution in [1.82, 2.24) is 9.80 Å². The lowest BCUT2D eigenvalue weighted by atomic mass is 9.88. The molecule has 2 amide bonds. The van der Waals surface area contributed by atoms with Gasteiger partial charge < -0.3 is 19.7 Å². The van der Waals surface area contributed by atoms with Crippen molar-refractivity contribution in [3.63, 3.8) is 0 Å². The molecule has 0 aromatic heterocycles. The normalized spacial score (nSPS) is 26.5. The van der Waals surface area contributed by atoms with Gasteiger partial charge in [-0.3, -0.25) is 14.5 Å². The van der Waals surface area contributed by atoms with Crippen LogP contribution in [0.5, 0.6) is 5.75 Å². The number of likely N-dealkylation sites (N-methyl/N-ethyl adjacent to an activating group) is 2. The van der Waals surface area contributed by atoms with E-state index in [9.17, 15) is 9.59 Å². The number of carbonyl (C=O) groups excluding carboxylic acids is 2. The number of hydrogen-bond donors (Lipinski definition) is 1. The summed E-state index contributed by atoms with van der Waals surface area (Å²) >= 11 is 0. The Kier molecular flexibility index (Phi) is 8.54. The average molecular weight is 446 g/mol. The second-order valence-electron chi connectivity index (χ2n) is 9.57. The topological polar surface area (TPSA) is 71.1 Å². The molecule has 7 heteroatoms. The maximum atomic E-state index is 13.4. The summed E-state index contributed by atoms with van der Waals surface area (Å²) in [7, 11) is 5.57. The summed E-state index contributed by atoms with van der Waals surface area (Å²) in [5.41, 5.74) is 1.10. The number of nitrogens with zero attached hydrogens (tertiary/aromatic N) is 2. The van der Waals surface area contributed by atoms with Crippen molar-refractivity contribution >= 4 is 17.5 Å². The molecule has 0 bridgehead atoms. The zero-order valence-corrected chi connectivity index (χ0v) is 20.2. The Hall–Kier alpha value is -2.12. The molecule has 3 rings (SSSR count). The van der Waals surface area contributed by atoms with Crippen molar-refractivity contribution in [2.24, 2.45) is 11.8 Å². The summed E-state index contributed by atoms with van der Waals surface area (Å²) in [5.74, 6) is 0.760. The molecule has 7 nitrogen and oxygen atoms in total. The minimum atomic E-state index is -0.135. The van der Waals surface area contributed by atoms with Gasteiger partial charge in [-0.1, -0.05) is 26.2 Å². The standard InChI is InChI=1S/C25H39N3O4/c1-17-14-27(3)18(2)16-32-22-12-11-20(26-24(29)19-9-7-6-8-10-19)13-21(22)25(30)28(4)15-23(17)31-5/h11-13,17-19,23H,6-10,14-16H2,1-5H3,(H,26,29)/t17-,18+,23-/m0/s1. The van der Waals surface area contributed by atoms with Crippen molar-refractivity contribution in [2.75, 3.05) is 46.2 Å². The molecule has 3 atom stereocenters. The Morgan fingerprint density at radius 3 is 2.53 bits per heavy atom. The van der Waals surface area contributed by atoms with Crippen LogP contribution < -0.4 is 10.1 Å². The number of ether oxygens (including phenoxy) is 2. The first-order valence-corrected chi connectivity index (χ1v) is 11.9. The van der Waals surface area contributed by atoms with E-state index >= 15 is 0 Å². The first-order chi connectivity index (χ1) is 15.3. The van der Waals surface area contributed by atoms with Crippen LogP contribution in [0.1, 0.15) is 56.3 Å².